The Hall–Kier alpha value is -1.99. The lowest BCUT2D eigenvalue weighted by atomic mass is 9.99. The quantitative estimate of drug-likeness (QED) is 0.819. The molecule has 1 amide bonds. The first-order valence-corrected chi connectivity index (χ1v) is 9.37. The summed E-state index contributed by atoms with van der Waals surface area (Å²) in [6.07, 6.45) is 4.31. The lowest BCUT2D eigenvalue weighted by molar-refractivity contribution is -0.116. The Balaban J connectivity index is 1.39. The van der Waals surface area contributed by atoms with Crippen molar-refractivity contribution in [3.8, 4) is 5.75 Å². The van der Waals surface area contributed by atoms with Crippen LogP contribution in [0.3, 0.4) is 0 Å². The van der Waals surface area contributed by atoms with E-state index < -0.39 is 0 Å². The van der Waals surface area contributed by atoms with Crippen molar-refractivity contribution in [2.45, 2.75) is 19.3 Å². The highest BCUT2D eigenvalue weighted by Gasteiger charge is 2.21. The molecule has 5 nitrogen and oxygen atoms in total. The average molecular weight is 363 g/mol. The van der Waals surface area contributed by atoms with Gasteiger partial charge < -0.3 is 15.0 Å². The van der Waals surface area contributed by atoms with Crippen LogP contribution in [0.4, 0.5) is 9.52 Å². The summed E-state index contributed by atoms with van der Waals surface area (Å²) in [5.74, 6) is 0.682. The van der Waals surface area contributed by atoms with Gasteiger partial charge in [-0.05, 0) is 31.5 Å². The SMILES string of the molecule is O=C(CCN1CCC[C@H](COc2cccc(F)c2)C1)Nc1nccs1. The molecule has 1 aromatic carbocycles. The first kappa shape index (κ1) is 17.8. The predicted molar refractivity (Wildman–Crippen MR) is 96.4 cm³/mol. The summed E-state index contributed by atoms with van der Waals surface area (Å²) in [6.45, 7) is 3.21. The molecule has 1 N–H and O–H groups in total. The Kier molecular flexibility index (Phi) is 6.36. The molecule has 2 heterocycles. The van der Waals surface area contributed by atoms with E-state index >= 15 is 0 Å². The van der Waals surface area contributed by atoms with E-state index in [1.54, 1.807) is 18.3 Å². The summed E-state index contributed by atoms with van der Waals surface area (Å²) in [5, 5.41) is 5.29. The van der Waals surface area contributed by atoms with Crippen LogP contribution >= 0.6 is 11.3 Å². The van der Waals surface area contributed by atoms with Crippen LogP contribution in [0.25, 0.3) is 0 Å². The number of aromatic nitrogens is 1. The molecule has 1 aliphatic rings. The van der Waals surface area contributed by atoms with E-state index in [0.717, 1.165) is 32.5 Å². The Morgan fingerprint density at radius 3 is 3.20 bits per heavy atom. The molecule has 3 rings (SSSR count). The number of halogens is 1. The lowest BCUT2D eigenvalue weighted by Gasteiger charge is -2.32. The number of anilines is 1. The molecule has 0 bridgehead atoms. The van der Waals surface area contributed by atoms with Crippen LogP contribution in [0, 0.1) is 11.7 Å². The maximum Gasteiger partial charge on any atom is 0.227 e. The largest absolute Gasteiger partial charge is 0.493 e. The van der Waals surface area contributed by atoms with E-state index in [1.165, 1.54) is 23.5 Å². The summed E-state index contributed by atoms with van der Waals surface area (Å²) in [7, 11) is 0. The number of thiazole rings is 1. The molecule has 25 heavy (non-hydrogen) atoms. The van der Waals surface area contributed by atoms with Crippen molar-refractivity contribution < 1.29 is 13.9 Å². The minimum absolute atomic E-state index is 0.00640. The van der Waals surface area contributed by atoms with Crippen molar-refractivity contribution >= 4 is 22.4 Å². The number of carbonyl (C=O) groups excluding carboxylic acids is 1. The summed E-state index contributed by atoms with van der Waals surface area (Å²) < 4.78 is 18.9. The molecule has 2 aromatic rings. The van der Waals surface area contributed by atoms with Crippen LogP contribution in [0.2, 0.25) is 0 Å². The van der Waals surface area contributed by atoms with Gasteiger partial charge in [-0.2, -0.15) is 0 Å². The minimum atomic E-state index is -0.283. The number of ether oxygens (including phenoxy) is 1. The second-order valence-electron chi connectivity index (χ2n) is 6.21. The second kappa shape index (κ2) is 8.92. The molecule has 1 aromatic heterocycles. The highest BCUT2D eigenvalue weighted by atomic mass is 32.1. The highest BCUT2D eigenvalue weighted by Crippen LogP contribution is 2.20. The number of hydrogen-bond donors (Lipinski definition) is 1. The van der Waals surface area contributed by atoms with Crippen LogP contribution in [-0.4, -0.2) is 42.0 Å². The number of likely N-dealkylation sites (tertiary alicyclic amines) is 1. The third kappa shape index (κ3) is 5.79. The number of amides is 1. The normalized spacial score (nSPS) is 18.0. The van der Waals surface area contributed by atoms with Gasteiger partial charge in [0.1, 0.15) is 11.6 Å². The lowest BCUT2D eigenvalue weighted by Crippen LogP contribution is -2.39. The zero-order valence-electron chi connectivity index (χ0n) is 14.0. The number of piperidine rings is 1. The van der Waals surface area contributed by atoms with E-state index in [0.29, 0.717) is 29.8 Å². The molecule has 1 fully saturated rings. The summed E-state index contributed by atoms with van der Waals surface area (Å²) in [6, 6.07) is 6.24. The number of nitrogens with zero attached hydrogens (tertiary/aromatic N) is 2. The van der Waals surface area contributed by atoms with Gasteiger partial charge in [0.15, 0.2) is 5.13 Å². The number of carbonyl (C=O) groups is 1. The molecule has 134 valence electrons. The first-order chi connectivity index (χ1) is 12.2. The van der Waals surface area contributed by atoms with Gasteiger partial charge in [0.2, 0.25) is 5.91 Å². The van der Waals surface area contributed by atoms with Gasteiger partial charge in [0.25, 0.3) is 0 Å². The molecule has 1 atom stereocenters. The molecular weight excluding hydrogens is 341 g/mol. The van der Waals surface area contributed by atoms with Crippen molar-refractivity contribution in [2.75, 3.05) is 31.6 Å². The Bertz CT molecular complexity index is 681. The van der Waals surface area contributed by atoms with Gasteiger partial charge in [-0.25, -0.2) is 9.37 Å². The smallest absolute Gasteiger partial charge is 0.227 e. The summed E-state index contributed by atoms with van der Waals surface area (Å²) >= 11 is 1.42. The number of nitrogens with one attached hydrogen (secondary N) is 1. The zero-order valence-corrected chi connectivity index (χ0v) is 14.8. The van der Waals surface area contributed by atoms with Gasteiger partial charge >= 0.3 is 0 Å². The maximum atomic E-state index is 13.2. The molecule has 1 aliphatic heterocycles. The van der Waals surface area contributed by atoms with E-state index in [1.807, 2.05) is 5.38 Å². The zero-order chi connectivity index (χ0) is 17.5. The fraction of sp³-hybridized carbons (Fsp3) is 0.444. The van der Waals surface area contributed by atoms with Crippen LogP contribution < -0.4 is 10.1 Å². The summed E-state index contributed by atoms with van der Waals surface area (Å²) in [5.41, 5.74) is 0. The van der Waals surface area contributed by atoms with Crippen LogP contribution in [0.1, 0.15) is 19.3 Å². The van der Waals surface area contributed by atoms with Gasteiger partial charge in [-0.15, -0.1) is 11.3 Å². The maximum absolute atomic E-state index is 13.2. The topological polar surface area (TPSA) is 54.5 Å². The fourth-order valence-electron chi connectivity index (χ4n) is 2.99. The van der Waals surface area contributed by atoms with Crippen molar-refractivity contribution in [3.05, 3.63) is 41.7 Å². The number of rotatable bonds is 7. The second-order valence-corrected chi connectivity index (χ2v) is 7.11. The Labute approximate surface area is 150 Å². The van der Waals surface area contributed by atoms with Gasteiger partial charge in [0, 0.05) is 43.1 Å². The van der Waals surface area contributed by atoms with Crippen LogP contribution in [0.15, 0.2) is 35.8 Å². The van der Waals surface area contributed by atoms with Gasteiger partial charge in [-0.3, -0.25) is 4.79 Å². The van der Waals surface area contributed by atoms with E-state index in [-0.39, 0.29) is 11.7 Å². The van der Waals surface area contributed by atoms with E-state index in [9.17, 15) is 9.18 Å². The number of benzene rings is 1. The molecule has 0 saturated carbocycles. The monoisotopic (exact) mass is 363 g/mol. The molecule has 1 saturated heterocycles. The number of hydrogen-bond acceptors (Lipinski definition) is 5. The third-order valence-electron chi connectivity index (χ3n) is 4.22. The van der Waals surface area contributed by atoms with Crippen LogP contribution in [-0.2, 0) is 4.79 Å². The third-order valence-corrected chi connectivity index (χ3v) is 4.91. The van der Waals surface area contributed by atoms with E-state index in [4.69, 9.17) is 4.74 Å². The molecule has 7 heteroatoms. The van der Waals surface area contributed by atoms with Gasteiger partial charge in [-0.1, -0.05) is 6.07 Å². The summed E-state index contributed by atoms with van der Waals surface area (Å²) in [4.78, 5) is 18.3. The Morgan fingerprint density at radius 1 is 1.48 bits per heavy atom. The molecular formula is C18H22FN3O2S. The van der Waals surface area contributed by atoms with Crippen LogP contribution in [0.5, 0.6) is 5.75 Å². The average Bonchev–Trinajstić information content (AvgIpc) is 3.12. The van der Waals surface area contributed by atoms with Crippen molar-refractivity contribution in [2.24, 2.45) is 5.92 Å². The van der Waals surface area contributed by atoms with Crippen molar-refractivity contribution in [3.63, 3.8) is 0 Å². The molecule has 0 aliphatic carbocycles. The molecule has 0 unspecified atom stereocenters. The Morgan fingerprint density at radius 2 is 2.40 bits per heavy atom. The standard InChI is InChI=1S/C18H22FN3O2S/c19-15-4-1-5-16(11-15)24-13-14-3-2-8-22(12-14)9-6-17(23)21-18-20-7-10-25-18/h1,4-5,7,10-11,14H,2-3,6,8-9,12-13H2,(H,20,21,23)/t14-/m0/s1. The van der Waals surface area contributed by atoms with Crippen molar-refractivity contribution in [1.82, 2.24) is 9.88 Å². The molecule has 0 radical (unpaired) electrons. The fourth-order valence-corrected chi connectivity index (χ4v) is 3.53. The van der Waals surface area contributed by atoms with Gasteiger partial charge in [0.05, 0.1) is 6.61 Å². The molecule has 0 spiro atoms. The first-order valence-electron chi connectivity index (χ1n) is 8.49. The highest BCUT2D eigenvalue weighted by molar-refractivity contribution is 7.13. The van der Waals surface area contributed by atoms with E-state index in [2.05, 4.69) is 15.2 Å². The predicted octanol–water partition coefficient (Wildman–Crippen LogP) is 3.40. The van der Waals surface area contributed by atoms with Crippen molar-refractivity contribution in [1.29, 1.82) is 0 Å². The minimum Gasteiger partial charge on any atom is -0.493 e.